The summed E-state index contributed by atoms with van der Waals surface area (Å²) >= 11 is 5.90. The Morgan fingerprint density at radius 2 is 1.51 bits per heavy atom. The van der Waals surface area contributed by atoms with Crippen LogP contribution in [0.15, 0.2) is 65.6 Å². The van der Waals surface area contributed by atoms with E-state index in [1.807, 2.05) is 18.2 Å². The third-order valence-electron chi connectivity index (χ3n) is 6.61. The van der Waals surface area contributed by atoms with Crippen LogP contribution in [0.5, 0.6) is 11.5 Å². The van der Waals surface area contributed by atoms with E-state index in [2.05, 4.69) is 0 Å². The van der Waals surface area contributed by atoms with E-state index in [0.717, 1.165) is 33.7 Å². The zero-order chi connectivity index (χ0) is 24.6. The molecular weight excluding hydrogens is 490 g/mol. The first-order valence-corrected chi connectivity index (χ1v) is 13.5. The summed E-state index contributed by atoms with van der Waals surface area (Å²) < 4.78 is 39.9. The number of fused-ring (bicyclic) bond motifs is 1. The van der Waals surface area contributed by atoms with Gasteiger partial charge in [-0.3, -0.25) is 4.79 Å². The number of hydrogen-bond acceptors (Lipinski definition) is 5. The zero-order valence-corrected chi connectivity index (χ0v) is 20.5. The molecule has 3 aromatic carbocycles. The van der Waals surface area contributed by atoms with Crippen molar-refractivity contribution in [2.75, 3.05) is 6.54 Å². The van der Waals surface area contributed by atoms with Crippen LogP contribution in [0.2, 0.25) is 5.02 Å². The Morgan fingerprint density at radius 3 is 2.23 bits per heavy atom. The molecule has 0 radical (unpaired) electrons. The van der Waals surface area contributed by atoms with Gasteiger partial charge in [0.05, 0.1) is 17.5 Å². The van der Waals surface area contributed by atoms with E-state index < -0.39 is 28.1 Å². The lowest BCUT2D eigenvalue weighted by atomic mass is 10.1. The van der Waals surface area contributed by atoms with Crippen LogP contribution in [-0.4, -0.2) is 48.6 Å². The molecule has 0 amide bonds. The predicted molar refractivity (Wildman–Crippen MR) is 133 cm³/mol. The standard InChI is InChI=1S/C26H26ClNO6S/c27-19-7-10-21(11-8-19)34-23-15-25(26(29)30)28(16-23)35(31,32)24-12-6-17-13-22(9-5-18(17)14-24)33-20-3-1-2-4-20/h5-14,20,23,25H,1-4,15-16H2,(H,29,30)/t23-,25+/m1/s1. The Bertz CT molecular complexity index is 1340. The summed E-state index contributed by atoms with van der Waals surface area (Å²) in [7, 11) is -4.06. The van der Waals surface area contributed by atoms with Gasteiger partial charge in [0, 0.05) is 11.4 Å². The molecule has 3 aromatic rings. The first kappa shape index (κ1) is 23.9. The van der Waals surface area contributed by atoms with Gasteiger partial charge in [-0.05, 0) is 85.0 Å². The van der Waals surface area contributed by atoms with Gasteiger partial charge in [0.1, 0.15) is 23.6 Å². The Hall–Kier alpha value is -2.81. The van der Waals surface area contributed by atoms with Gasteiger partial charge in [-0.2, -0.15) is 4.31 Å². The molecule has 1 saturated carbocycles. The summed E-state index contributed by atoms with van der Waals surface area (Å²) in [6.07, 6.45) is 4.16. The summed E-state index contributed by atoms with van der Waals surface area (Å²) in [5, 5.41) is 11.9. The Labute approximate surface area is 209 Å². The van der Waals surface area contributed by atoms with Crippen molar-refractivity contribution in [3.05, 3.63) is 65.7 Å². The second-order valence-corrected chi connectivity index (χ2v) is 11.4. The van der Waals surface area contributed by atoms with E-state index in [4.69, 9.17) is 21.1 Å². The molecule has 35 heavy (non-hydrogen) atoms. The van der Waals surface area contributed by atoms with Crippen LogP contribution in [-0.2, 0) is 14.8 Å². The van der Waals surface area contributed by atoms with Crippen LogP contribution >= 0.6 is 11.6 Å². The fourth-order valence-electron chi connectivity index (χ4n) is 4.82. The number of aliphatic carboxylic acids is 1. The van der Waals surface area contributed by atoms with Crippen molar-refractivity contribution in [2.45, 2.75) is 55.2 Å². The number of halogens is 1. The van der Waals surface area contributed by atoms with Gasteiger partial charge < -0.3 is 14.6 Å². The number of benzene rings is 3. The maximum absolute atomic E-state index is 13.5. The number of rotatable bonds is 7. The highest BCUT2D eigenvalue weighted by atomic mass is 35.5. The molecule has 7 nitrogen and oxygen atoms in total. The van der Waals surface area contributed by atoms with Crippen molar-refractivity contribution in [1.82, 2.24) is 4.31 Å². The van der Waals surface area contributed by atoms with Gasteiger partial charge >= 0.3 is 5.97 Å². The zero-order valence-electron chi connectivity index (χ0n) is 19.0. The van der Waals surface area contributed by atoms with Crippen molar-refractivity contribution >= 4 is 38.4 Å². The van der Waals surface area contributed by atoms with Crippen LogP contribution in [0.4, 0.5) is 0 Å². The second-order valence-electron chi connectivity index (χ2n) is 9.05. The smallest absolute Gasteiger partial charge is 0.322 e. The van der Waals surface area contributed by atoms with Crippen molar-refractivity contribution in [3.63, 3.8) is 0 Å². The molecule has 0 unspecified atom stereocenters. The molecule has 1 aliphatic heterocycles. The maximum atomic E-state index is 13.5. The second kappa shape index (κ2) is 9.68. The Balaban J connectivity index is 1.37. The van der Waals surface area contributed by atoms with Gasteiger partial charge in [0.25, 0.3) is 0 Å². The third kappa shape index (κ3) is 5.10. The van der Waals surface area contributed by atoms with Crippen LogP contribution in [0.25, 0.3) is 10.8 Å². The van der Waals surface area contributed by atoms with Gasteiger partial charge in [-0.25, -0.2) is 8.42 Å². The van der Waals surface area contributed by atoms with Gasteiger partial charge in [0.15, 0.2) is 0 Å². The summed E-state index contributed by atoms with van der Waals surface area (Å²) in [6, 6.07) is 15.9. The van der Waals surface area contributed by atoms with E-state index in [-0.39, 0.29) is 24.0 Å². The molecule has 9 heteroatoms. The highest BCUT2D eigenvalue weighted by Gasteiger charge is 2.45. The minimum Gasteiger partial charge on any atom is -0.490 e. The SMILES string of the molecule is O=C(O)[C@@H]1C[C@@H](Oc2ccc(Cl)cc2)CN1S(=O)(=O)c1ccc2cc(OC3CCCC3)ccc2c1. The lowest BCUT2D eigenvalue weighted by Crippen LogP contribution is -2.40. The van der Waals surface area contributed by atoms with Gasteiger partial charge in [0.2, 0.25) is 10.0 Å². The fraction of sp³-hybridized carbons (Fsp3) is 0.346. The predicted octanol–water partition coefficient (Wildman–Crippen LogP) is 5.11. The number of sulfonamides is 1. The summed E-state index contributed by atoms with van der Waals surface area (Å²) in [5.41, 5.74) is 0. The van der Waals surface area contributed by atoms with E-state index >= 15 is 0 Å². The highest BCUT2D eigenvalue weighted by molar-refractivity contribution is 7.89. The van der Waals surface area contributed by atoms with E-state index in [9.17, 15) is 18.3 Å². The molecule has 1 aliphatic carbocycles. The summed E-state index contributed by atoms with van der Waals surface area (Å²) in [6.45, 7) is -0.0614. The number of ether oxygens (including phenoxy) is 2. The number of hydrogen-bond donors (Lipinski definition) is 1. The number of nitrogens with zero attached hydrogens (tertiary/aromatic N) is 1. The van der Waals surface area contributed by atoms with Crippen LogP contribution in [0, 0.1) is 0 Å². The number of carboxylic acids is 1. The molecule has 1 saturated heterocycles. The lowest BCUT2D eigenvalue weighted by Gasteiger charge is -2.21. The largest absolute Gasteiger partial charge is 0.490 e. The van der Waals surface area contributed by atoms with Gasteiger partial charge in [-0.1, -0.05) is 23.7 Å². The molecule has 2 aliphatic rings. The molecule has 5 rings (SSSR count). The quantitative estimate of drug-likeness (QED) is 0.470. The van der Waals surface area contributed by atoms with Crippen molar-refractivity contribution in [1.29, 1.82) is 0 Å². The molecule has 184 valence electrons. The minimum absolute atomic E-state index is 0.0483. The van der Waals surface area contributed by atoms with Crippen molar-refractivity contribution < 1.29 is 27.8 Å². The lowest BCUT2D eigenvalue weighted by molar-refractivity contribution is -0.140. The van der Waals surface area contributed by atoms with E-state index in [0.29, 0.717) is 10.8 Å². The normalized spacial score (nSPS) is 21.4. The molecule has 1 heterocycles. The van der Waals surface area contributed by atoms with Crippen molar-refractivity contribution in [3.8, 4) is 11.5 Å². The molecule has 2 atom stereocenters. The Morgan fingerprint density at radius 1 is 0.886 bits per heavy atom. The van der Waals surface area contributed by atoms with Crippen molar-refractivity contribution in [2.24, 2.45) is 0 Å². The average Bonchev–Trinajstić information content (AvgIpc) is 3.51. The molecule has 1 N–H and O–H groups in total. The molecule has 0 spiro atoms. The first-order valence-electron chi connectivity index (χ1n) is 11.7. The first-order chi connectivity index (χ1) is 16.8. The Kier molecular flexibility index (Phi) is 6.61. The van der Waals surface area contributed by atoms with Crippen LogP contribution in [0.1, 0.15) is 32.1 Å². The van der Waals surface area contributed by atoms with Crippen LogP contribution < -0.4 is 9.47 Å². The topological polar surface area (TPSA) is 93.1 Å². The van der Waals surface area contributed by atoms with E-state index in [1.165, 1.54) is 18.9 Å². The van der Waals surface area contributed by atoms with E-state index in [1.54, 1.807) is 36.4 Å². The molecular formula is C26H26ClNO6S. The maximum Gasteiger partial charge on any atom is 0.322 e. The molecule has 2 fully saturated rings. The highest BCUT2D eigenvalue weighted by Crippen LogP contribution is 2.32. The molecule has 0 aromatic heterocycles. The third-order valence-corrected chi connectivity index (χ3v) is 8.74. The summed E-state index contributed by atoms with van der Waals surface area (Å²) in [5.74, 6) is 0.0714. The summed E-state index contributed by atoms with van der Waals surface area (Å²) in [4.78, 5) is 12.0. The monoisotopic (exact) mass is 515 g/mol. The number of carbonyl (C=O) groups is 1. The van der Waals surface area contributed by atoms with Crippen LogP contribution in [0.3, 0.4) is 0 Å². The molecule has 0 bridgehead atoms. The number of carboxylic acid groups (broad SMARTS) is 1. The fourth-order valence-corrected chi connectivity index (χ4v) is 6.61. The average molecular weight is 516 g/mol. The minimum atomic E-state index is -4.06. The van der Waals surface area contributed by atoms with Gasteiger partial charge in [-0.15, -0.1) is 0 Å².